The number of rotatable bonds is 5. The molecule has 0 amide bonds. The Morgan fingerprint density at radius 1 is 1.17 bits per heavy atom. The number of para-hydroxylation sites is 2. The van der Waals surface area contributed by atoms with Gasteiger partial charge in [0.05, 0.1) is 23.4 Å². The number of sulfonamides is 1. The van der Waals surface area contributed by atoms with Gasteiger partial charge in [-0.3, -0.25) is 4.72 Å². The lowest BCUT2D eigenvalue weighted by molar-refractivity contribution is 0.417. The average Bonchev–Trinajstić information content (AvgIpc) is 3.16. The fourth-order valence-electron chi connectivity index (χ4n) is 2.16. The Kier molecular flexibility index (Phi) is 4.33. The summed E-state index contributed by atoms with van der Waals surface area (Å²) < 4.78 is 38.4. The van der Waals surface area contributed by atoms with E-state index in [4.69, 9.17) is 9.26 Å². The van der Waals surface area contributed by atoms with Crippen LogP contribution < -0.4 is 9.46 Å². The number of ether oxygens (including phenoxy) is 1. The Hall–Kier alpha value is -2.32. The van der Waals surface area contributed by atoms with E-state index < -0.39 is 10.0 Å². The normalized spacial score (nSPS) is 11.5. The van der Waals surface area contributed by atoms with Crippen LogP contribution in [0.4, 0.5) is 5.69 Å². The molecule has 24 heavy (non-hydrogen) atoms. The highest BCUT2D eigenvalue weighted by atomic mass is 32.2. The van der Waals surface area contributed by atoms with E-state index >= 15 is 0 Å². The smallest absolute Gasteiger partial charge is 0.271 e. The Morgan fingerprint density at radius 2 is 1.92 bits per heavy atom. The minimum Gasteiger partial charge on any atom is -0.495 e. The summed E-state index contributed by atoms with van der Waals surface area (Å²) in [5, 5.41) is 3.90. The zero-order valence-corrected chi connectivity index (χ0v) is 15.0. The van der Waals surface area contributed by atoms with Gasteiger partial charge in [0.25, 0.3) is 10.0 Å². The van der Waals surface area contributed by atoms with Crippen LogP contribution in [0.3, 0.4) is 0 Å². The van der Waals surface area contributed by atoms with E-state index in [-0.39, 0.29) is 4.21 Å². The fraction of sp³-hybridized carbons (Fsp3) is 0.188. The molecule has 6 nitrogen and oxygen atoms in total. The first-order valence-corrected chi connectivity index (χ1v) is 9.41. The molecule has 2 heterocycles. The highest BCUT2D eigenvalue weighted by molar-refractivity contribution is 7.94. The number of anilines is 1. The van der Waals surface area contributed by atoms with Crippen molar-refractivity contribution in [3.05, 3.63) is 47.7 Å². The van der Waals surface area contributed by atoms with Crippen molar-refractivity contribution in [3.63, 3.8) is 0 Å². The number of aryl methyl sites for hydroxylation is 1. The van der Waals surface area contributed by atoms with Crippen LogP contribution in [-0.2, 0) is 10.0 Å². The van der Waals surface area contributed by atoms with Gasteiger partial charge in [-0.05, 0) is 38.1 Å². The standard InChI is InChI=1S/C16H16N2O4S2/c1-10-11(2)17-22-16(10)14-8-9-15(23-14)24(19,20)18-12-6-4-5-7-13(12)21-3/h4-9,18H,1-3H3. The van der Waals surface area contributed by atoms with Crippen molar-refractivity contribution in [2.75, 3.05) is 11.8 Å². The molecule has 0 radical (unpaired) electrons. The molecule has 0 bridgehead atoms. The maximum absolute atomic E-state index is 12.6. The number of hydrogen-bond donors (Lipinski definition) is 1. The molecule has 8 heteroatoms. The minimum absolute atomic E-state index is 0.192. The predicted octanol–water partition coefficient (Wildman–Crippen LogP) is 3.83. The second-order valence-corrected chi connectivity index (χ2v) is 8.14. The van der Waals surface area contributed by atoms with Crippen molar-refractivity contribution in [2.45, 2.75) is 18.1 Å². The molecular formula is C16H16N2O4S2. The molecule has 0 aliphatic carbocycles. The monoisotopic (exact) mass is 364 g/mol. The Bertz CT molecular complexity index is 974. The summed E-state index contributed by atoms with van der Waals surface area (Å²) in [4.78, 5) is 0.716. The molecule has 2 aromatic heterocycles. The van der Waals surface area contributed by atoms with E-state index in [9.17, 15) is 8.42 Å². The SMILES string of the molecule is COc1ccccc1NS(=O)(=O)c1ccc(-c2onc(C)c2C)s1. The number of nitrogens with zero attached hydrogens (tertiary/aromatic N) is 1. The van der Waals surface area contributed by atoms with Crippen LogP contribution >= 0.6 is 11.3 Å². The van der Waals surface area contributed by atoms with Crippen molar-refractivity contribution in [2.24, 2.45) is 0 Å². The van der Waals surface area contributed by atoms with Crippen LogP contribution in [0.2, 0.25) is 0 Å². The average molecular weight is 364 g/mol. The second-order valence-electron chi connectivity index (χ2n) is 5.15. The summed E-state index contributed by atoms with van der Waals surface area (Å²) in [5.41, 5.74) is 2.08. The molecule has 0 saturated carbocycles. The van der Waals surface area contributed by atoms with Gasteiger partial charge in [-0.1, -0.05) is 17.3 Å². The second kappa shape index (κ2) is 6.29. The first-order valence-electron chi connectivity index (χ1n) is 7.11. The van der Waals surface area contributed by atoms with E-state index in [0.717, 1.165) is 22.6 Å². The van der Waals surface area contributed by atoms with Crippen LogP contribution in [0.25, 0.3) is 10.6 Å². The van der Waals surface area contributed by atoms with Crippen LogP contribution in [0.5, 0.6) is 5.75 Å². The van der Waals surface area contributed by atoms with E-state index in [1.165, 1.54) is 7.11 Å². The van der Waals surface area contributed by atoms with Crippen molar-refractivity contribution >= 4 is 27.0 Å². The zero-order valence-electron chi connectivity index (χ0n) is 13.4. The van der Waals surface area contributed by atoms with Crippen LogP contribution in [0, 0.1) is 13.8 Å². The van der Waals surface area contributed by atoms with E-state index in [2.05, 4.69) is 9.88 Å². The molecule has 1 aromatic carbocycles. The molecule has 0 saturated heterocycles. The first-order chi connectivity index (χ1) is 11.4. The van der Waals surface area contributed by atoms with Gasteiger partial charge in [0.2, 0.25) is 0 Å². The summed E-state index contributed by atoms with van der Waals surface area (Å²) >= 11 is 1.13. The lowest BCUT2D eigenvalue weighted by Gasteiger charge is -2.10. The van der Waals surface area contributed by atoms with Crippen molar-refractivity contribution in [1.82, 2.24) is 5.16 Å². The quantitative estimate of drug-likeness (QED) is 0.744. The van der Waals surface area contributed by atoms with Crippen LogP contribution in [0.15, 0.2) is 45.1 Å². The lowest BCUT2D eigenvalue weighted by Crippen LogP contribution is -2.12. The molecule has 0 aliphatic rings. The number of methoxy groups -OCH3 is 1. The zero-order chi connectivity index (χ0) is 17.3. The molecule has 126 valence electrons. The molecule has 0 spiro atoms. The van der Waals surface area contributed by atoms with Gasteiger partial charge in [-0.2, -0.15) is 0 Å². The third-order valence-corrected chi connectivity index (χ3v) is 6.52. The van der Waals surface area contributed by atoms with Crippen molar-refractivity contribution < 1.29 is 17.7 Å². The third kappa shape index (κ3) is 3.02. The summed E-state index contributed by atoms with van der Waals surface area (Å²) in [7, 11) is -2.22. The van der Waals surface area contributed by atoms with Gasteiger partial charge in [-0.25, -0.2) is 8.42 Å². The fourth-order valence-corrected chi connectivity index (χ4v) is 4.57. The highest BCUT2D eigenvalue weighted by Crippen LogP contribution is 2.35. The Balaban J connectivity index is 1.92. The third-order valence-electron chi connectivity index (χ3n) is 3.58. The number of benzene rings is 1. The molecule has 0 unspecified atom stereocenters. The van der Waals surface area contributed by atoms with Crippen molar-refractivity contribution in [1.29, 1.82) is 0 Å². The van der Waals surface area contributed by atoms with E-state index in [1.54, 1.807) is 36.4 Å². The minimum atomic E-state index is -3.71. The highest BCUT2D eigenvalue weighted by Gasteiger charge is 2.21. The van der Waals surface area contributed by atoms with Gasteiger partial charge in [0.1, 0.15) is 9.96 Å². The van der Waals surface area contributed by atoms with Gasteiger partial charge in [0.15, 0.2) is 5.76 Å². The Labute approximate surface area is 144 Å². The number of hydrogen-bond acceptors (Lipinski definition) is 6. The molecule has 1 N–H and O–H groups in total. The van der Waals surface area contributed by atoms with Gasteiger partial charge < -0.3 is 9.26 Å². The van der Waals surface area contributed by atoms with Gasteiger partial charge in [-0.15, -0.1) is 11.3 Å². The largest absolute Gasteiger partial charge is 0.495 e. The first kappa shape index (κ1) is 16.5. The number of nitrogens with one attached hydrogen (secondary N) is 1. The number of thiophene rings is 1. The van der Waals surface area contributed by atoms with Crippen LogP contribution in [0.1, 0.15) is 11.3 Å². The van der Waals surface area contributed by atoms with Gasteiger partial charge >= 0.3 is 0 Å². The summed E-state index contributed by atoms with van der Waals surface area (Å²) in [6.45, 7) is 3.74. The summed E-state index contributed by atoms with van der Waals surface area (Å²) in [5.74, 6) is 1.05. The van der Waals surface area contributed by atoms with E-state index in [1.807, 2.05) is 13.8 Å². The van der Waals surface area contributed by atoms with Crippen molar-refractivity contribution in [3.8, 4) is 16.4 Å². The topological polar surface area (TPSA) is 81.4 Å². The molecule has 0 fully saturated rings. The molecule has 0 aliphatic heterocycles. The lowest BCUT2D eigenvalue weighted by atomic mass is 10.2. The predicted molar refractivity (Wildman–Crippen MR) is 93.1 cm³/mol. The van der Waals surface area contributed by atoms with E-state index in [0.29, 0.717) is 22.1 Å². The molecule has 3 aromatic rings. The van der Waals surface area contributed by atoms with Gasteiger partial charge in [0, 0.05) is 5.56 Å². The number of aromatic nitrogens is 1. The Morgan fingerprint density at radius 3 is 2.58 bits per heavy atom. The summed E-state index contributed by atoms with van der Waals surface area (Å²) in [6.07, 6.45) is 0. The molecular weight excluding hydrogens is 348 g/mol. The molecule has 3 rings (SSSR count). The molecule has 0 atom stereocenters. The maximum atomic E-state index is 12.6. The summed E-state index contributed by atoms with van der Waals surface area (Å²) in [6, 6.07) is 10.1. The van der Waals surface area contributed by atoms with Crippen LogP contribution in [-0.4, -0.2) is 20.7 Å². The maximum Gasteiger partial charge on any atom is 0.271 e.